The third-order valence-corrected chi connectivity index (χ3v) is 3.93. The number of hydrogen-bond donors (Lipinski definition) is 2. The lowest BCUT2D eigenvalue weighted by atomic mass is 10.4. The van der Waals surface area contributed by atoms with Crippen LogP contribution >= 0.6 is 35.0 Å². The van der Waals surface area contributed by atoms with Crippen LogP contribution in [0, 0.1) is 0 Å². The molecule has 0 aliphatic rings. The van der Waals surface area contributed by atoms with Gasteiger partial charge in [-0.05, 0) is 18.2 Å². The molecule has 1 aromatic carbocycles. The van der Waals surface area contributed by atoms with Crippen LogP contribution in [0.2, 0.25) is 10.0 Å². The molecule has 0 unspecified atom stereocenters. The second kappa shape index (κ2) is 7.10. The number of nitrogens with zero attached hydrogens (tertiary/aromatic N) is 2. The molecule has 0 bridgehead atoms. The highest BCUT2D eigenvalue weighted by Crippen LogP contribution is 2.34. The van der Waals surface area contributed by atoms with Crippen LogP contribution in [0.15, 0.2) is 34.2 Å². The molecule has 0 atom stereocenters. The molecule has 0 aliphatic heterocycles. The monoisotopic (exact) mass is 330 g/mol. The molecule has 0 spiro atoms. The Morgan fingerprint density at radius 1 is 1.30 bits per heavy atom. The molecular weight excluding hydrogens is 319 g/mol. The summed E-state index contributed by atoms with van der Waals surface area (Å²) in [7, 11) is 1.58. The summed E-state index contributed by atoms with van der Waals surface area (Å²) in [4.78, 5) is 9.35. The number of nitrogen functional groups attached to an aromatic ring is 1. The normalized spacial score (nSPS) is 10.6. The SMILES string of the molecule is COCc1nc(NN)cc(Sc2cc(Cl)ccc2Cl)n1. The van der Waals surface area contributed by atoms with E-state index in [1.807, 2.05) is 0 Å². The molecule has 106 valence electrons. The lowest BCUT2D eigenvalue weighted by Gasteiger charge is -2.08. The first kappa shape index (κ1) is 15.3. The fraction of sp³-hybridized carbons (Fsp3) is 0.167. The fourth-order valence-corrected chi connectivity index (χ4v) is 2.83. The van der Waals surface area contributed by atoms with Gasteiger partial charge in [-0.1, -0.05) is 35.0 Å². The smallest absolute Gasteiger partial charge is 0.157 e. The van der Waals surface area contributed by atoms with Crippen LogP contribution in [0.3, 0.4) is 0 Å². The number of methoxy groups -OCH3 is 1. The van der Waals surface area contributed by atoms with E-state index in [-0.39, 0.29) is 0 Å². The maximum Gasteiger partial charge on any atom is 0.157 e. The van der Waals surface area contributed by atoms with Crippen LogP contribution in [0.5, 0.6) is 0 Å². The number of nitrogens with one attached hydrogen (secondary N) is 1. The summed E-state index contributed by atoms with van der Waals surface area (Å²) in [6, 6.07) is 6.98. The summed E-state index contributed by atoms with van der Waals surface area (Å²) in [5.74, 6) is 6.43. The minimum Gasteiger partial charge on any atom is -0.377 e. The highest BCUT2D eigenvalue weighted by atomic mass is 35.5. The third-order valence-electron chi connectivity index (χ3n) is 2.28. The molecule has 1 heterocycles. The largest absolute Gasteiger partial charge is 0.377 e. The lowest BCUT2D eigenvalue weighted by molar-refractivity contribution is 0.177. The lowest BCUT2D eigenvalue weighted by Crippen LogP contribution is -2.11. The highest BCUT2D eigenvalue weighted by molar-refractivity contribution is 7.99. The van der Waals surface area contributed by atoms with Gasteiger partial charge in [-0.25, -0.2) is 15.8 Å². The van der Waals surface area contributed by atoms with E-state index in [1.54, 1.807) is 31.4 Å². The van der Waals surface area contributed by atoms with E-state index >= 15 is 0 Å². The van der Waals surface area contributed by atoms with Crippen molar-refractivity contribution in [1.29, 1.82) is 0 Å². The van der Waals surface area contributed by atoms with Crippen molar-refractivity contribution >= 4 is 40.8 Å². The second-order valence-electron chi connectivity index (χ2n) is 3.76. The van der Waals surface area contributed by atoms with Crippen molar-refractivity contribution in [3.05, 3.63) is 40.1 Å². The fourth-order valence-electron chi connectivity index (χ4n) is 1.46. The number of halogens is 2. The zero-order chi connectivity index (χ0) is 14.5. The van der Waals surface area contributed by atoms with Gasteiger partial charge in [0.1, 0.15) is 17.5 Å². The van der Waals surface area contributed by atoms with Crippen molar-refractivity contribution < 1.29 is 4.74 Å². The van der Waals surface area contributed by atoms with Crippen LogP contribution in [0.4, 0.5) is 5.82 Å². The zero-order valence-corrected chi connectivity index (χ0v) is 12.9. The van der Waals surface area contributed by atoms with E-state index in [0.717, 1.165) is 4.90 Å². The summed E-state index contributed by atoms with van der Waals surface area (Å²) in [5.41, 5.74) is 2.50. The van der Waals surface area contributed by atoms with E-state index in [0.29, 0.717) is 33.3 Å². The van der Waals surface area contributed by atoms with Crippen molar-refractivity contribution in [2.24, 2.45) is 5.84 Å². The highest BCUT2D eigenvalue weighted by Gasteiger charge is 2.09. The van der Waals surface area contributed by atoms with E-state index in [2.05, 4.69) is 15.4 Å². The molecule has 2 aromatic rings. The van der Waals surface area contributed by atoms with Gasteiger partial charge in [-0.15, -0.1) is 0 Å². The number of hydrazine groups is 1. The topological polar surface area (TPSA) is 73.1 Å². The van der Waals surface area contributed by atoms with Crippen LogP contribution < -0.4 is 11.3 Å². The van der Waals surface area contributed by atoms with Crippen molar-refractivity contribution in [3.8, 4) is 0 Å². The predicted octanol–water partition coefficient (Wildman–Crippen LogP) is 3.37. The Hall–Kier alpha value is -1.05. The summed E-state index contributed by atoms with van der Waals surface area (Å²) >= 11 is 13.5. The molecule has 1 aromatic heterocycles. The number of ether oxygens (including phenoxy) is 1. The number of anilines is 1. The Labute approximate surface area is 130 Å². The van der Waals surface area contributed by atoms with Crippen molar-refractivity contribution in [2.75, 3.05) is 12.5 Å². The molecule has 0 amide bonds. The minimum absolute atomic E-state index is 0.298. The molecule has 8 heteroatoms. The molecule has 3 N–H and O–H groups in total. The van der Waals surface area contributed by atoms with E-state index < -0.39 is 0 Å². The first-order valence-corrected chi connectivity index (χ1v) is 7.16. The molecular formula is C12H12Cl2N4OS. The molecule has 0 saturated heterocycles. The van der Waals surface area contributed by atoms with Gasteiger partial charge in [0.05, 0.1) is 5.02 Å². The van der Waals surface area contributed by atoms with Crippen molar-refractivity contribution in [1.82, 2.24) is 9.97 Å². The number of rotatable bonds is 5. The summed E-state index contributed by atoms with van der Waals surface area (Å²) in [6.45, 7) is 0.298. The van der Waals surface area contributed by atoms with Gasteiger partial charge >= 0.3 is 0 Å². The van der Waals surface area contributed by atoms with Crippen LogP contribution in [-0.4, -0.2) is 17.1 Å². The third kappa shape index (κ3) is 3.97. The quantitative estimate of drug-likeness (QED) is 0.497. The molecule has 0 aliphatic carbocycles. The molecule has 2 rings (SSSR count). The Kier molecular flexibility index (Phi) is 5.45. The molecule has 20 heavy (non-hydrogen) atoms. The maximum absolute atomic E-state index is 6.13. The summed E-state index contributed by atoms with van der Waals surface area (Å²) in [6.07, 6.45) is 0. The van der Waals surface area contributed by atoms with Crippen molar-refractivity contribution in [2.45, 2.75) is 16.5 Å². The predicted molar refractivity (Wildman–Crippen MR) is 81.1 cm³/mol. The molecule has 0 radical (unpaired) electrons. The Balaban J connectivity index is 2.32. The number of hydrogen-bond acceptors (Lipinski definition) is 6. The van der Waals surface area contributed by atoms with E-state index in [4.69, 9.17) is 33.8 Å². The Morgan fingerprint density at radius 2 is 2.10 bits per heavy atom. The molecule has 5 nitrogen and oxygen atoms in total. The van der Waals surface area contributed by atoms with E-state index in [9.17, 15) is 0 Å². The zero-order valence-electron chi connectivity index (χ0n) is 10.6. The number of nitrogens with two attached hydrogens (primary N) is 1. The van der Waals surface area contributed by atoms with E-state index in [1.165, 1.54) is 11.8 Å². The van der Waals surface area contributed by atoms with Crippen LogP contribution in [0.1, 0.15) is 5.82 Å². The van der Waals surface area contributed by atoms with Crippen LogP contribution in [-0.2, 0) is 11.3 Å². The first-order valence-electron chi connectivity index (χ1n) is 5.59. The number of aromatic nitrogens is 2. The standard InChI is InChI=1S/C12H12Cl2N4OS/c1-19-6-11-16-10(18-15)5-12(17-11)20-9-4-7(13)2-3-8(9)14/h2-5H,6,15H2,1H3,(H,16,17,18). The van der Waals surface area contributed by atoms with Gasteiger partial charge in [0.15, 0.2) is 5.82 Å². The Morgan fingerprint density at radius 3 is 2.80 bits per heavy atom. The van der Waals surface area contributed by atoms with Gasteiger partial charge < -0.3 is 10.2 Å². The van der Waals surface area contributed by atoms with Gasteiger partial charge in [0, 0.05) is 23.1 Å². The minimum atomic E-state index is 0.298. The van der Waals surface area contributed by atoms with Gasteiger partial charge in [-0.2, -0.15) is 0 Å². The second-order valence-corrected chi connectivity index (χ2v) is 5.67. The van der Waals surface area contributed by atoms with Gasteiger partial charge in [0.2, 0.25) is 0 Å². The number of benzene rings is 1. The average molecular weight is 331 g/mol. The maximum atomic E-state index is 6.13. The summed E-state index contributed by atoms with van der Waals surface area (Å²) < 4.78 is 5.03. The average Bonchev–Trinajstić information content (AvgIpc) is 2.43. The van der Waals surface area contributed by atoms with Gasteiger partial charge in [-0.3, -0.25) is 0 Å². The van der Waals surface area contributed by atoms with Crippen molar-refractivity contribution in [3.63, 3.8) is 0 Å². The van der Waals surface area contributed by atoms with Gasteiger partial charge in [0.25, 0.3) is 0 Å². The first-order chi connectivity index (χ1) is 9.62. The molecule has 0 saturated carbocycles. The summed E-state index contributed by atoms with van der Waals surface area (Å²) in [5, 5.41) is 1.91. The molecule has 0 fully saturated rings. The van der Waals surface area contributed by atoms with Crippen LogP contribution in [0.25, 0.3) is 0 Å². The Bertz CT molecular complexity index is 612.